The van der Waals surface area contributed by atoms with E-state index in [9.17, 15) is 0 Å². The maximum Gasteiger partial charge on any atom is 0.186 e. The number of hydrogen-bond acceptors (Lipinski definition) is 1. The van der Waals surface area contributed by atoms with Gasteiger partial charge in [-0.1, -0.05) is 58.3 Å². The Balaban J connectivity index is 3.11. The van der Waals surface area contributed by atoms with E-state index in [1.807, 2.05) is 7.11 Å². The molecule has 2 heteroatoms. The summed E-state index contributed by atoms with van der Waals surface area (Å²) in [5.74, 6) is 0. The third kappa shape index (κ3) is 10.5. The molecule has 0 aromatic carbocycles. The van der Waals surface area contributed by atoms with Crippen LogP contribution in [0.25, 0.3) is 0 Å². The van der Waals surface area contributed by atoms with E-state index in [1.54, 1.807) is 0 Å². The smallest absolute Gasteiger partial charge is 0.186 e. The van der Waals surface area contributed by atoms with E-state index in [4.69, 9.17) is 4.43 Å². The molecule has 0 spiro atoms. The van der Waals surface area contributed by atoms with Crippen molar-refractivity contribution in [1.82, 2.24) is 0 Å². The fraction of sp³-hybridized carbons (Fsp3) is 1.00. The minimum atomic E-state index is -1.26. The van der Waals surface area contributed by atoms with Crippen LogP contribution in [0.3, 0.4) is 0 Å². The second kappa shape index (κ2) is 9.41. The van der Waals surface area contributed by atoms with Crippen molar-refractivity contribution in [3.63, 3.8) is 0 Å². The molecule has 0 amide bonds. The van der Waals surface area contributed by atoms with Crippen LogP contribution in [0, 0.1) is 0 Å². The molecule has 0 radical (unpaired) electrons. The summed E-state index contributed by atoms with van der Waals surface area (Å²) in [5, 5.41) is 0. The van der Waals surface area contributed by atoms with Gasteiger partial charge in [-0.15, -0.1) is 0 Å². The highest BCUT2D eigenvalue weighted by Gasteiger charge is 2.18. The number of hydrogen-bond donors (Lipinski definition) is 0. The molecule has 0 N–H and O–H groups in total. The molecule has 1 nitrogen and oxygen atoms in total. The third-order valence-corrected chi connectivity index (χ3v) is 5.85. The lowest BCUT2D eigenvalue weighted by Crippen LogP contribution is -2.27. The van der Waals surface area contributed by atoms with E-state index in [1.165, 1.54) is 57.4 Å². The maximum atomic E-state index is 5.54. The van der Waals surface area contributed by atoms with Crippen LogP contribution in [0.15, 0.2) is 0 Å². The Hall–Kier alpha value is 0.177. The van der Waals surface area contributed by atoms with E-state index < -0.39 is 8.32 Å². The Morgan fingerprint density at radius 1 is 0.800 bits per heavy atom. The number of rotatable bonds is 10. The monoisotopic (exact) mass is 230 g/mol. The molecule has 0 fully saturated rings. The van der Waals surface area contributed by atoms with Crippen LogP contribution >= 0.6 is 0 Å². The van der Waals surface area contributed by atoms with Gasteiger partial charge >= 0.3 is 0 Å². The first kappa shape index (κ1) is 15.2. The zero-order valence-electron chi connectivity index (χ0n) is 11.3. The predicted molar refractivity (Wildman–Crippen MR) is 71.9 cm³/mol. The zero-order valence-corrected chi connectivity index (χ0v) is 12.3. The van der Waals surface area contributed by atoms with Crippen molar-refractivity contribution < 1.29 is 4.43 Å². The van der Waals surface area contributed by atoms with Crippen LogP contribution in [-0.4, -0.2) is 15.4 Å². The average molecular weight is 230 g/mol. The van der Waals surface area contributed by atoms with Gasteiger partial charge in [-0.25, -0.2) is 0 Å². The first-order valence-corrected chi connectivity index (χ1v) is 9.79. The van der Waals surface area contributed by atoms with E-state index in [0.29, 0.717) is 0 Å². The van der Waals surface area contributed by atoms with Crippen molar-refractivity contribution in [3.8, 4) is 0 Å². The molecule has 92 valence electrons. The van der Waals surface area contributed by atoms with Crippen LogP contribution in [-0.2, 0) is 4.43 Å². The van der Waals surface area contributed by atoms with E-state index >= 15 is 0 Å². The van der Waals surface area contributed by atoms with Crippen molar-refractivity contribution in [2.45, 2.75) is 77.4 Å². The summed E-state index contributed by atoms with van der Waals surface area (Å²) in [6.07, 6.45) is 11.3. The van der Waals surface area contributed by atoms with Gasteiger partial charge in [-0.05, 0) is 19.1 Å². The summed E-state index contributed by atoms with van der Waals surface area (Å²) < 4.78 is 5.54. The largest absolute Gasteiger partial charge is 0.420 e. The molecule has 0 aliphatic heterocycles. The van der Waals surface area contributed by atoms with Gasteiger partial charge in [0.05, 0.1) is 0 Å². The van der Waals surface area contributed by atoms with Gasteiger partial charge < -0.3 is 4.43 Å². The fourth-order valence-corrected chi connectivity index (χ4v) is 3.09. The Morgan fingerprint density at radius 3 is 1.73 bits per heavy atom. The Kier molecular flexibility index (Phi) is 9.52. The first-order chi connectivity index (χ1) is 7.12. The second-order valence-corrected chi connectivity index (χ2v) is 9.62. The lowest BCUT2D eigenvalue weighted by atomic mass is 10.1. The molecule has 15 heavy (non-hydrogen) atoms. The average Bonchev–Trinajstić information content (AvgIpc) is 2.22. The molecule has 0 aliphatic rings. The standard InChI is InChI=1S/C13H30OSi/c1-5-6-7-8-9-10-11-12-13-15(3,4)14-2/h5-13H2,1-4H3. The van der Waals surface area contributed by atoms with Crippen molar-refractivity contribution in [3.05, 3.63) is 0 Å². The second-order valence-electron chi connectivity index (χ2n) is 5.19. The first-order valence-electron chi connectivity index (χ1n) is 6.67. The van der Waals surface area contributed by atoms with Gasteiger partial charge in [0, 0.05) is 7.11 Å². The van der Waals surface area contributed by atoms with Crippen molar-refractivity contribution in [2.75, 3.05) is 7.11 Å². The van der Waals surface area contributed by atoms with Crippen molar-refractivity contribution >= 4 is 8.32 Å². The summed E-state index contributed by atoms with van der Waals surface area (Å²) in [7, 11) is 0.614. The normalized spacial score (nSPS) is 12.0. The zero-order chi connectivity index (χ0) is 11.6. The van der Waals surface area contributed by atoms with E-state index in [2.05, 4.69) is 20.0 Å². The Bertz CT molecular complexity index is 134. The fourth-order valence-electron chi connectivity index (χ4n) is 1.79. The Labute approximate surface area is 97.7 Å². The quantitative estimate of drug-likeness (QED) is 0.380. The lowest BCUT2D eigenvalue weighted by molar-refractivity contribution is 0.400. The van der Waals surface area contributed by atoms with Gasteiger partial charge in [0.25, 0.3) is 0 Å². The SMILES string of the molecule is CCCCCCCCCC[Si](C)(C)OC. The van der Waals surface area contributed by atoms with E-state index in [-0.39, 0.29) is 0 Å². The molecule has 0 aliphatic carbocycles. The highest BCUT2D eigenvalue weighted by atomic mass is 28.4. The molecule has 0 saturated heterocycles. The van der Waals surface area contributed by atoms with Crippen LogP contribution < -0.4 is 0 Å². The van der Waals surface area contributed by atoms with Gasteiger partial charge in [0.15, 0.2) is 8.32 Å². The van der Waals surface area contributed by atoms with Crippen LogP contribution in [0.2, 0.25) is 19.1 Å². The molecule has 0 rings (SSSR count). The Morgan fingerprint density at radius 2 is 1.27 bits per heavy atom. The highest BCUT2D eigenvalue weighted by Crippen LogP contribution is 2.16. The van der Waals surface area contributed by atoms with Gasteiger partial charge in [0.1, 0.15) is 0 Å². The molecule has 0 aromatic rings. The van der Waals surface area contributed by atoms with Crippen LogP contribution in [0.4, 0.5) is 0 Å². The minimum Gasteiger partial charge on any atom is -0.420 e. The van der Waals surface area contributed by atoms with Gasteiger partial charge in [0.2, 0.25) is 0 Å². The molecular formula is C13H30OSi. The predicted octanol–water partition coefficient (Wildman–Crippen LogP) is 4.98. The van der Waals surface area contributed by atoms with Crippen LogP contribution in [0.1, 0.15) is 58.3 Å². The van der Waals surface area contributed by atoms with Gasteiger partial charge in [-0.3, -0.25) is 0 Å². The lowest BCUT2D eigenvalue weighted by Gasteiger charge is -2.19. The van der Waals surface area contributed by atoms with E-state index in [0.717, 1.165) is 0 Å². The number of unbranched alkanes of at least 4 members (excludes halogenated alkanes) is 7. The van der Waals surface area contributed by atoms with Gasteiger partial charge in [-0.2, -0.15) is 0 Å². The summed E-state index contributed by atoms with van der Waals surface area (Å²) >= 11 is 0. The maximum absolute atomic E-state index is 5.54. The molecule has 0 aromatic heterocycles. The van der Waals surface area contributed by atoms with Crippen molar-refractivity contribution in [1.29, 1.82) is 0 Å². The molecule has 0 saturated carbocycles. The molecular weight excluding hydrogens is 200 g/mol. The molecule has 0 heterocycles. The molecule has 0 bridgehead atoms. The summed E-state index contributed by atoms with van der Waals surface area (Å²) in [5.41, 5.74) is 0. The minimum absolute atomic E-state index is 1.26. The summed E-state index contributed by atoms with van der Waals surface area (Å²) in [6, 6.07) is 1.33. The highest BCUT2D eigenvalue weighted by molar-refractivity contribution is 6.71. The van der Waals surface area contributed by atoms with Crippen LogP contribution in [0.5, 0.6) is 0 Å². The molecule has 0 unspecified atom stereocenters. The summed E-state index contributed by atoms with van der Waals surface area (Å²) in [6.45, 7) is 6.90. The third-order valence-electron chi connectivity index (χ3n) is 3.18. The molecule has 0 atom stereocenters. The van der Waals surface area contributed by atoms with Crippen molar-refractivity contribution in [2.24, 2.45) is 0 Å². The summed E-state index contributed by atoms with van der Waals surface area (Å²) in [4.78, 5) is 0. The topological polar surface area (TPSA) is 9.23 Å².